The Kier molecular flexibility index (Phi) is 7.67. The number of hydrogen-bond acceptors (Lipinski definition) is 4. The van der Waals surface area contributed by atoms with Crippen molar-refractivity contribution in [2.75, 3.05) is 45.3 Å². The third-order valence-corrected chi connectivity index (χ3v) is 4.80. The van der Waals surface area contributed by atoms with Crippen LogP contribution in [0.1, 0.15) is 18.9 Å². The standard InChI is InChI=1S/C16H27N3O3S/c1-5-14-6-8-15(9-7-14)17-16(20)10-11-19(23(4,21)22)13-12-18(2)3/h6-9H,5,10-13H2,1-4H3,(H,17,20). The first-order valence-electron chi connectivity index (χ1n) is 7.71. The van der Waals surface area contributed by atoms with Gasteiger partial charge in [-0.1, -0.05) is 19.1 Å². The lowest BCUT2D eigenvalue weighted by atomic mass is 10.1. The van der Waals surface area contributed by atoms with Crippen molar-refractivity contribution in [2.45, 2.75) is 19.8 Å². The van der Waals surface area contributed by atoms with E-state index < -0.39 is 10.0 Å². The zero-order chi connectivity index (χ0) is 17.5. The number of amides is 1. The first-order valence-corrected chi connectivity index (χ1v) is 9.56. The van der Waals surface area contributed by atoms with Crippen LogP contribution in [-0.2, 0) is 21.2 Å². The summed E-state index contributed by atoms with van der Waals surface area (Å²) in [5, 5.41) is 2.79. The van der Waals surface area contributed by atoms with Crippen LogP contribution in [0.25, 0.3) is 0 Å². The first kappa shape index (κ1) is 19.6. The monoisotopic (exact) mass is 341 g/mol. The number of nitrogens with one attached hydrogen (secondary N) is 1. The van der Waals surface area contributed by atoms with Crippen molar-refractivity contribution in [3.05, 3.63) is 29.8 Å². The molecule has 23 heavy (non-hydrogen) atoms. The van der Waals surface area contributed by atoms with Crippen LogP contribution in [0.2, 0.25) is 0 Å². The Bertz CT molecular complexity index is 598. The van der Waals surface area contributed by atoms with Crippen molar-refractivity contribution in [2.24, 2.45) is 0 Å². The molecule has 0 fully saturated rings. The van der Waals surface area contributed by atoms with E-state index in [1.165, 1.54) is 16.1 Å². The summed E-state index contributed by atoms with van der Waals surface area (Å²) in [6, 6.07) is 7.65. The Morgan fingerprint density at radius 3 is 2.17 bits per heavy atom. The SMILES string of the molecule is CCc1ccc(NC(=O)CCN(CCN(C)C)S(C)(=O)=O)cc1. The minimum absolute atomic E-state index is 0.135. The zero-order valence-electron chi connectivity index (χ0n) is 14.4. The van der Waals surface area contributed by atoms with E-state index in [1.54, 1.807) is 0 Å². The molecule has 130 valence electrons. The molecule has 1 aromatic carbocycles. The Morgan fingerprint density at radius 1 is 1.09 bits per heavy atom. The molecule has 0 unspecified atom stereocenters. The van der Waals surface area contributed by atoms with E-state index in [9.17, 15) is 13.2 Å². The van der Waals surface area contributed by atoms with Crippen LogP contribution in [-0.4, -0.2) is 63.5 Å². The van der Waals surface area contributed by atoms with Gasteiger partial charge in [-0.25, -0.2) is 12.7 Å². The predicted molar refractivity (Wildman–Crippen MR) is 94.0 cm³/mol. The number of benzene rings is 1. The molecule has 0 atom stereocenters. The van der Waals surface area contributed by atoms with Crippen molar-refractivity contribution in [3.63, 3.8) is 0 Å². The van der Waals surface area contributed by atoms with Gasteiger partial charge in [0.15, 0.2) is 0 Å². The molecule has 0 bridgehead atoms. The maximum atomic E-state index is 12.0. The van der Waals surface area contributed by atoms with Crippen LogP contribution >= 0.6 is 0 Å². The molecular weight excluding hydrogens is 314 g/mol. The lowest BCUT2D eigenvalue weighted by molar-refractivity contribution is -0.116. The summed E-state index contributed by atoms with van der Waals surface area (Å²) in [5.41, 5.74) is 1.93. The molecule has 0 spiro atoms. The number of likely N-dealkylation sites (N-methyl/N-ethyl adjacent to an activating group) is 1. The van der Waals surface area contributed by atoms with Crippen LogP contribution in [0.5, 0.6) is 0 Å². The van der Waals surface area contributed by atoms with Crippen molar-refractivity contribution >= 4 is 21.6 Å². The highest BCUT2D eigenvalue weighted by molar-refractivity contribution is 7.88. The maximum Gasteiger partial charge on any atom is 0.225 e. The fourth-order valence-corrected chi connectivity index (χ4v) is 2.86. The highest BCUT2D eigenvalue weighted by atomic mass is 32.2. The largest absolute Gasteiger partial charge is 0.326 e. The lowest BCUT2D eigenvalue weighted by Gasteiger charge is -2.21. The van der Waals surface area contributed by atoms with Crippen LogP contribution in [0.4, 0.5) is 5.69 Å². The van der Waals surface area contributed by atoms with E-state index in [0.29, 0.717) is 13.1 Å². The molecule has 0 heterocycles. The van der Waals surface area contributed by atoms with E-state index in [4.69, 9.17) is 0 Å². The molecule has 0 aliphatic rings. The van der Waals surface area contributed by atoms with Crippen molar-refractivity contribution in [1.29, 1.82) is 0 Å². The summed E-state index contributed by atoms with van der Waals surface area (Å²) in [6.07, 6.45) is 2.25. The van der Waals surface area contributed by atoms with E-state index in [1.807, 2.05) is 43.3 Å². The molecule has 1 rings (SSSR count). The molecule has 0 radical (unpaired) electrons. The van der Waals surface area contributed by atoms with Gasteiger partial charge in [-0.2, -0.15) is 0 Å². The van der Waals surface area contributed by atoms with Crippen molar-refractivity contribution < 1.29 is 13.2 Å². The third kappa shape index (κ3) is 7.58. The number of nitrogens with zero attached hydrogens (tertiary/aromatic N) is 2. The number of sulfonamides is 1. The van der Waals surface area contributed by atoms with Gasteiger partial charge in [0.1, 0.15) is 0 Å². The van der Waals surface area contributed by atoms with E-state index in [2.05, 4.69) is 12.2 Å². The number of hydrogen-bond donors (Lipinski definition) is 1. The number of rotatable bonds is 9. The summed E-state index contributed by atoms with van der Waals surface area (Å²) in [4.78, 5) is 13.9. The maximum absolute atomic E-state index is 12.0. The second-order valence-electron chi connectivity index (χ2n) is 5.81. The minimum Gasteiger partial charge on any atom is -0.326 e. The molecule has 6 nitrogen and oxygen atoms in total. The predicted octanol–water partition coefficient (Wildman–Crippen LogP) is 1.40. The minimum atomic E-state index is -3.31. The molecule has 0 saturated heterocycles. The smallest absolute Gasteiger partial charge is 0.225 e. The van der Waals surface area contributed by atoms with E-state index in [0.717, 1.165) is 12.1 Å². The van der Waals surface area contributed by atoms with Gasteiger partial charge in [-0.05, 0) is 38.2 Å². The van der Waals surface area contributed by atoms with Crippen LogP contribution < -0.4 is 5.32 Å². The molecule has 0 saturated carbocycles. The average Bonchev–Trinajstić information content (AvgIpc) is 2.46. The molecule has 0 aromatic heterocycles. The molecule has 7 heteroatoms. The van der Waals surface area contributed by atoms with Gasteiger partial charge in [-0.3, -0.25) is 4.79 Å². The number of carbonyl (C=O) groups is 1. The Labute approximate surface area is 139 Å². The number of anilines is 1. The summed E-state index contributed by atoms with van der Waals surface area (Å²) in [6.45, 7) is 3.25. The Balaban J connectivity index is 2.53. The van der Waals surface area contributed by atoms with Gasteiger partial charge >= 0.3 is 0 Å². The molecule has 0 aliphatic heterocycles. The third-order valence-electron chi connectivity index (χ3n) is 3.50. The van der Waals surface area contributed by atoms with Gasteiger partial charge in [0, 0.05) is 31.7 Å². The van der Waals surface area contributed by atoms with Crippen molar-refractivity contribution in [1.82, 2.24) is 9.21 Å². The summed E-state index contributed by atoms with van der Waals surface area (Å²) in [5.74, 6) is -0.187. The van der Waals surface area contributed by atoms with Crippen LogP contribution in [0.15, 0.2) is 24.3 Å². The average molecular weight is 341 g/mol. The summed E-state index contributed by atoms with van der Waals surface area (Å²) >= 11 is 0. The first-order chi connectivity index (χ1) is 10.7. The highest BCUT2D eigenvalue weighted by Gasteiger charge is 2.17. The second kappa shape index (κ2) is 9.00. The number of aryl methyl sites for hydroxylation is 1. The molecule has 1 aromatic rings. The molecule has 1 amide bonds. The fourth-order valence-electron chi connectivity index (χ4n) is 2.03. The normalized spacial score (nSPS) is 11.9. The Morgan fingerprint density at radius 2 is 1.70 bits per heavy atom. The van der Waals surface area contributed by atoms with Gasteiger partial charge in [-0.15, -0.1) is 0 Å². The second-order valence-corrected chi connectivity index (χ2v) is 7.80. The fraction of sp³-hybridized carbons (Fsp3) is 0.562. The zero-order valence-corrected chi connectivity index (χ0v) is 15.2. The molecule has 0 aliphatic carbocycles. The van der Waals surface area contributed by atoms with Gasteiger partial charge < -0.3 is 10.2 Å². The quantitative estimate of drug-likeness (QED) is 0.737. The topological polar surface area (TPSA) is 69.7 Å². The lowest BCUT2D eigenvalue weighted by Crippen LogP contribution is -2.37. The van der Waals surface area contributed by atoms with Crippen molar-refractivity contribution in [3.8, 4) is 0 Å². The molecular formula is C16H27N3O3S. The highest BCUT2D eigenvalue weighted by Crippen LogP contribution is 2.10. The number of carbonyl (C=O) groups excluding carboxylic acids is 1. The summed E-state index contributed by atoms with van der Waals surface area (Å²) in [7, 11) is 0.453. The van der Waals surface area contributed by atoms with E-state index >= 15 is 0 Å². The Hall–Kier alpha value is -1.44. The van der Waals surface area contributed by atoms with Gasteiger partial charge in [0.25, 0.3) is 0 Å². The van der Waals surface area contributed by atoms with Crippen LogP contribution in [0.3, 0.4) is 0 Å². The van der Waals surface area contributed by atoms with Crippen LogP contribution in [0, 0.1) is 0 Å². The summed E-state index contributed by atoms with van der Waals surface area (Å²) < 4.78 is 24.9. The van der Waals surface area contributed by atoms with E-state index in [-0.39, 0.29) is 18.9 Å². The van der Waals surface area contributed by atoms with Gasteiger partial charge in [0.2, 0.25) is 15.9 Å². The molecule has 1 N–H and O–H groups in total. The van der Waals surface area contributed by atoms with Gasteiger partial charge in [0.05, 0.1) is 6.26 Å².